The molecule has 2 saturated heterocycles. The van der Waals surface area contributed by atoms with Crippen LogP contribution in [-0.4, -0.2) is 73.7 Å². The molecule has 2 aliphatic heterocycles. The van der Waals surface area contributed by atoms with Gasteiger partial charge in [0.25, 0.3) is 0 Å². The van der Waals surface area contributed by atoms with E-state index in [-0.39, 0.29) is 29.9 Å². The van der Waals surface area contributed by atoms with Crippen LogP contribution in [-0.2, 0) is 14.8 Å². The van der Waals surface area contributed by atoms with Gasteiger partial charge in [-0.05, 0) is 43.0 Å². The molecule has 1 aromatic carbocycles. The number of sulfonamides is 1. The molecule has 0 unspecified atom stereocenters. The number of piperazine rings is 1. The monoisotopic (exact) mass is 408 g/mol. The minimum Gasteiger partial charge on any atom is -0.326 e. The second kappa shape index (κ2) is 8.48. The quantitative estimate of drug-likeness (QED) is 0.826. The number of piperidine rings is 1. The van der Waals surface area contributed by atoms with Crippen LogP contribution < -0.4 is 5.32 Å². The summed E-state index contributed by atoms with van der Waals surface area (Å²) in [6, 6.07) is 6.15. The first-order valence-electron chi connectivity index (χ1n) is 9.69. The smallest absolute Gasteiger partial charge is 0.320 e. The van der Waals surface area contributed by atoms with Crippen molar-refractivity contribution >= 4 is 27.6 Å². The number of likely N-dealkylation sites (tertiary alicyclic amines) is 1. The van der Waals surface area contributed by atoms with Gasteiger partial charge in [-0.15, -0.1) is 0 Å². The number of carbonyl (C=O) groups excluding carboxylic acids is 2. The Labute approximate surface area is 166 Å². The standard InChI is InChI=1S/C19H28N4O4S/c1-15-7-9-21(10-8-15)19(25)22-11-13-23(14-12-22)28(26,27)18-5-3-17(4-6-18)20-16(2)24/h3-6,15H,7-14H2,1-2H3,(H,20,24). The third-order valence-corrected chi connectivity index (χ3v) is 7.29. The van der Waals surface area contributed by atoms with Crippen LogP contribution in [0.5, 0.6) is 0 Å². The molecular formula is C19H28N4O4S. The maximum atomic E-state index is 12.9. The summed E-state index contributed by atoms with van der Waals surface area (Å²) < 4.78 is 27.1. The number of nitrogens with one attached hydrogen (secondary N) is 1. The highest BCUT2D eigenvalue weighted by molar-refractivity contribution is 7.89. The summed E-state index contributed by atoms with van der Waals surface area (Å²) in [5.41, 5.74) is 0.553. The lowest BCUT2D eigenvalue weighted by Crippen LogP contribution is -2.54. The van der Waals surface area contributed by atoms with Crippen LogP contribution in [0.4, 0.5) is 10.5 Å². The number of nitrogens with zero attached hydrogens (tertiary/aromatic N) is 3. The maximum Gasteiger partial charge on any atom is 0.320 e. The molecule has 0 bridgehead atoms. The molecule has 154 valence electrons. The molecule has 0 atom stereocenters. The minimum atomic E-state index is -3.62. The first kappa shape index (κ1) is 20.6. The molecule has 0 saturated carbocycles. The van der Waals surface area contributed by atoms with Crippen molar-refractivity contribution in [2.24, 2.45) is 5.92 Å². The zero-order chi connectivity index (χ0) is 20.3. The minimum absolute atomic E-state index is 0.0172. The largest absolute Gasteiger partial charge is 0.326 e. The summed E-state index contributed by atoms with van der Waals surface area (Å²) in [4.78, 5) is 27.6. The summed E-state index contributed by atoms with van der Waals surface area (Å²) in [5.74, 6) is 0.447. The van der Waals surface area contributed by atoms with Crippen molar-refractivity contribution in [2.75, 3.05) is 44.6 Å². The number of carbonyl (C=O) groups is 2. The Morgan fingerprint density at radius 2 is 1.46 bits per heavy atom. The zero-order valence-electron chi connectivity index (χ0n) is 16.4. The van der Waals surface area contributed by atoms with Crippen molar-refractivity contribution in [1.29, 1.82) is 0 Å². The van der Waals surface area contributed by atoms with E-state index in [1.165, 1.54) is 23.4 Å². The van der Waals surface area contributed by atoms with Crippen molar-refractivity contribution in [3.05, 3.63) is 24.3 Å². The zero-order valence-corrected chi connectivity index (χ0v) is 17.2. The molecule has 2 heterocycles. The third-order valence-electron chi connectivity index (χ3n) is 5.38. The van der Waals surface area contributed by atoms with Gasteiger partial charge in [0.1, 0.15) is 0 Å². The van der Waals surface area contributed by atoms with Crippen molar-refractivity contribution in [1.82, 2.24) is 14.1 Å². The molecule has 8 nitrogen and oxygen atoms in total. The summed E-state index contributed by atoms with van der Waals surface area (Å²) in [7, 11) is -3.62. The molecule has 1 aromatic rings. The highest BCUT2D eigenvalue weighted by Crippen LogP contribution is 2.21. The van der Waals surface area contributed by atoms with E-state index in [1.54, 1.807) is 17.0 Å². The van der Waals surface area contributed by atoms with E-state index in [9.17, 15) is 18.0 Å². The Morgan fingerprint density at radius 1 is 0.929 bits per heavy atom. The van der Waals surface area contributed by atoms with Gasteiger partial charge in [0, 0.05) is 51.9 Å². The van der Waals surface area contributed by atoms with Gasteiger partial charge in [-0.2, -0.15) is 4.31 Å². The topological polar surface area (TPSA) is 90.0 Å². The van der Waals surface area contributed by atoms with Crippen LogP contribution in [0.1, 0.15) is 26.7 Å². The molecule has 3 rings (SSSR count). The Bertz CT molecular complexity index is 809. The second-order valence-electron chi connectivity index (χ2n) is 7.55. The highest BCUT2D eigenvalue weighted by Gasteiger charge is 2.32. The first-order chi connectivity index (χ1) is 13.3. The fourth-order valence-electron chi connectivity index (χ4n) is 3.58. The molecular weight excluding hydrogens is 380 g/mol. The molecule has 2 aliphatic rings. The Kier molecular flexibility index (Phi) is 6.24. The highest BCUT2D eigenvalue weighted by atomic mass is 32.2. The predicted octanol–water partition coefficient (Wildman–Crippen LogP) is 1.80. The summed E-state index contributed by atoms with van der Waals surface area (Å²) >= 11 is 0. The van der Waals surface area contributed by atoms with Gasteiger partial charge in [-0.25, -0.2) is 13.2 Å². The number of anilines is 1. The average Bonchev–Trinajstić information content (AvgIpc) is 2.68. The van der Waals surface area contributed by atoms with Gasteiger partial charge < -0.3 is 15.1 Å². The van der Waals surface area contributed by atoms with E-state index in [0.29, 0.717) is 24.7 Å². The molecule has 2 fully saturated rings. The maximum absolute atomic E-state index is 12.9. The van der Waals surface area contributed by atoms with Crippen molar-refractivity contribution < 1.29 is 18.0 Å². The molecule has 0 spiro atoms. The van der Waals surface area contributed by atoms with Crippen LogP contribution in [0.2, 0.25) is 0 Å². The van der Waals surface area contributed by atoms with Crippen LogP contribution in [0, 0.1) is 5.92 Å². The normalized spacial score (nSPS) is 19.5. The number of rotatable bonds is 3. The van der Waals surface area contributed by atoms with E-state index in [0.717, 1.165) is 25.9 Å². The van der Waals surface area contributed by atoms with E-state index in [1.807, 2.05) is 4.90 Å². The SMILES string of the molecule is CC(=O)Nc1ccc(S(=O)(=O)N2CCN(C(=O)N3CCC(C)CC3)CC2)cc1. The van der Waals surface area contributed by atoms with Gasteiger partial charge in [0.15, 0.2) is 0 Å². The molecule has 0 radical (unpaired) electrons. The van der Waals surface area contributed by atoms with Crippen molar-refractivity contribution in [3.8, 4) is 0 Å². The number of urea groups is 1. The fourth-order valence-corrected chi connectivity index (χ4v) is 5.00. The molecule has 28 heavy (non-hydrogen) atoms. The van der Waals surface area contributed by atoms with Crippen molar-refractivity contribution in [2.45, 2.75) is 31.6 Å². The van der Waals surface area contributed by atoms with Gasteiger partial charge in [-0.3, -0.25) is 4.79 Å². The van der Waals surface area contributed by atoms with Gasteiger partial charge in [0.2, 0.25) is 15.9 Å². The van der Waals surface area contributed by atoms with E-state index >= 15 is 0 Å². The van der Waals surface area contributed by atoms with Gasteiger partial charge in [-0.1, -0.05) is 6.92 Å². The van der Waals surface area contributed by atoms with E-state index in [4.69, 9.17) is 0 Å². The molecule has 3 amide bonds. The lowest BCUT2D eigenvalue weighted by molar-refractivity contribution is -0.114. The molecule has 0 aliphatic carbocycles. The molecule has 9 heteroatoms. The van der Waals surface area contributed by atoms with Crippen LogP contribution in [0.25, 0.3) is 0 Å². The summed E-state index contributed by atoms with van der Waals surface area (Å²) in [6.07, 6.45) is 2.04. The number of benzene rings is 1. The van der Waals surface area contributed by atoms with Gasteiger partial charge >= 0.3 is 6.03 Å². The molecule has 1 N–H and O–H groups in total. The number of hydrogen-bond donors (Lipinski definition) is 1. The predicted molar refractivity (Wildman–Crippen MR) is 106 cm³/mol. The first-order valence-corrected chi connectivity index (χ1v) is 11.1. The Hall–Kier alpha value is -2.13. The fraction of sp³-hybridized carbons (Fsp3) is 0.579. The second-order valence-corrected chi connectivity index (χ2v) is 9.49. The number of amides is 3. The van der Waals surface area contributed by atoms with Crippen LogP contribution in [0.15, 0.2) is 29.2 Å². The summed E-state index contributed by atoms with van der Waals surface area (Å²) in [5, 5.41) is 2.62. The van der Waals surface area contributed by atoms with Crippen molar-refractivity contribution in [3.63, 3.8) is 0 Å². The van der Waals surface area contributed by atoms with E-state index < -0.39 is 10.0 Å². The third kappa shape index (κ3) is 4.64. The van der Waals surface area contributed by atoms with E-state index in [2.05, 4.69) is 12.2 Å². The Morgan fingerprint density at radius 3 is 2.00 bits per heavy atom. The lowest BCUT2D eigenvalue weighted by Gasteiger charge is -2.39. The summed E-state index contributed by atoms with van der Waals surface area (Å²) in [6.45, 7) is 6.52. The molecule has 0 aromatic heterocycles. The van der Waals surface area contributed by atoms with Gasteiger partial charge in [0.05, 0.1) is 4.90 Å². The lowest BCUT2D eigenvalue weighted by atomic mass is 9.99. The Balaban J connectivity index is 1.59. The van der Waals surface area contributed by atoms with Crippen LogP contribution >= 0.6 is 0 Å². The number of hydrogen-bond acceptors (Lipinski definition) is 4. The van der Waals surface area contributed by atoms with Crippen LogP contribution in [0.3, 0.4) is 0 Å². The average molecular weight is 409 g/mol.